The van der Waals surface area contributed by atoms with Crippen molar-refractivity contribution >= 4 is 51.7 Å². The van der Waals surface area contributed by atoms with Crippen LogP contribution in [-0.4, -0.2) is 18.0 Å². The van der Waals surface area contributed by atoms with Crippen LogP contribution in [-0.2, 0) is 4.79 Å². The van der Waals surface area contributed by atoms with Gasteiger partial charge in [0.15, 0.2) is 5.13 Å². The molecule has 0 aliphatic rings. The van der Waals surface area contributed by atoms with Gasteiger partial charge in [0.1, 0.15) is 5.75 Å². The van der Waals surface area contributed by atoms with Gasteiger partial charge in [-0.3, -0.25) is 10.1 Å². The lowest BCUT2D eigenvalue weighted by molar-refractivity contribution is -0.111. The van der Waals surface area contributed by atoms with Crippen LogP contribution in [0.4, 0.5) is 5.13 Å². The highest BCUT2D eigenvalue weighted by atomic mass is 35.5. The highest BCUT2D eigenvalue weighted by Crippen LogP contribution is 2.26. The van der Waals surface area contributed by atoms with Gasteiger partial charge in [-0.2, -0.15) is 0 Å². The van der Waals surface area contributed by atoms with Gasteiger partial charge in [-0.05, 0) is 48.0 Å². The molecule has 0 aliphatic heterocycles. The van der Waals surface area contributed by atoms with Gasteiger partial charge in [0.2, 0.25) is 5.91 Å². The summed E-state index contributed by atoms with van der Waals surface area (Å²) in [6, 6.07) is 12.7. The smallest absolute Gasteiger partial charge is 0.250 e. The second-order valence-electron chi connectivity index (χ2n) is 5.26. The summed E-state index contributed by atoms with van der Waals surface area (Å²) in [4.78, 5) is 16.5. The minimum atomic E-state index is -0.272. The highest BCUT2D eigenvalue weighted by molar-refractivity contribution is 7.14. The van der Waals surface area contributed by atoms with E-state index in [9.17, 15) is 4.79 Å². The Morgan fingerprint density at radius 3 is 2.62 bits per heavy atom. The van der Waals surface area contributed by atoms with Gasteiger partial charge in [-0.15, -0.1) is 11.3 Å². The molecule has 0 aliphatic carbocycles. The number of anilines is 1. The van der Waals surface area contributed by atoms with Crippen LogP contribution in [0.5, 0.6) is 5.75 Å². The van der Waals surface area contributed by atoms with Gasteiger partial charge in [-0.1, -0.05) is 29.3 Å². The molecule has 0 atom stereocenters. The zero-order valence-corrected chi connectivity index (χ0v) is 16.0. The summed E-state index contributed by atoms with van der Waals surface area (Å²) in [7, 11) is 1.62. The van der Waals surface area contributed by atoms with E-state index < -0.39 is 0 Å². The van der Waals surface area contributed by atoms with Gasteiger partial charge in [0.25, 0.3) is 0 Å². The van der Waals surface area contributed by atoms with Gasteiger partial charge in [-0.25, -0.2) is 4.98 Å². The Morgan fingerprint density at radius 2 is 1.92 bits per heavy atom. The second-order valence-corrected chi connectivity index (χ2v) is 6.94. The fraction of sp³-hybridized carbons (Fsp3) is 0.0526. The zero-order chi connectivity index (χ0) is 18.5. The van der Waals surface area contributed by atoms with E-state index >= 15 is 0 Å². The van der Waals surface area contributed by atoms with Crippen molar-refractivity contribution < 1.29 is 9.53 Å². The van der Waals surface area contributed by atoms with Crippen molar-refractivity contribution in [3.05, 3.63) is 69.5 Å². The van der Waals surface area contributed by atoms with E-state index in [1.807, 2.05) is 29.6 Å². The number of hydrogen-bond donors (Lipinski definition) is 1. The predicted molar refractivity (Wildman–Crippen MR) is 108 cm³/mol. The zero-order valence-electron chi connectivity index (χ0n) is 13.7. The fourth-order valence-electron chi connectivity index (χ4n) is 2.16. The van der Waals surface area contributed by atoms with E-state index in [0.717, 1.165) is 22.6 Å². The molecular weight excluding hydrogens is 391 g/mol. The van der Waals surface area contributed by atoms with Crippen LogP contribution in [0.3, 0.4) is 0 Å². The molecule has 1 aromatic heterocycles. The Morgan fingerprint density at radius 1 is 1.15 bits per heavy atom. The minimum Gasteiger partial charge on any atom is -0.497 e. The first-order chi connectivity index (χ1) is 12.5. The molecule has 1 heterocycles. The predicted octanol–water partition coefficient (Wildman–Crippen LogP) is 5.78. The fourth-order valence-corrected chi connectivity index (χ4v) is 3.19. The van der Waals surface area contributed by atoms with Gasteiger partial charge in [0.05, 0.1) is 22.8 Å². The number of methoxy groups -OCH3 is 1. The number of ether oxygens (including phenoxy) is 1. The lowest BCUT2D eigenvalue weighted by atomic mass is 10.2. The molecule has 4 nitrogen and oxygen atoms in total. The maximum Gasteiger partial charge on any atom is 0.250 e. The van der Waals surface area contributed by atoms with Crippen LogP contribution >= 0.6 is 34.5 Å². The van der Waals surface area contributed by atoms with Crippen molar-refractivity contribution in [1.29, 1.82) is 0 Å². The van der Waals surface area contributed by atoms with Crippen LogP contribution in [0, 0.1) is 0 Å². The number of carbonyl (C=O) groups excluding carboxylic acids is 1. The Hall–Kier alpha value is -2.34. The van der Waals surface area contributed by atoms with Crippen molar-refractivity contribution in [3.8, 4) is 17.0 Å². The number of carbonyl (C=O) groups is 1. The molecule has 0 fully saturated rings. The maximum atomic E-state index is 12.1. The van der Waals surface area contributed by atoms with Crippen molar-refractivity contribution in [2.75, 3.05) is 12.4 Å². The summed E-state index contributed by atoms with van der Waals surface area (Å²) in [6.45, 7) is 0. The number of thiazole rings is 1. The van der Waals surface area contributed by atoms with Crippen molar-refractivity contribution in [2.24, 2.45) is 0 Å². The third-order valence-electron chi connectivity index (χ3n) is 3.49. The first kappa shape index (κ1) is 18.5. The highest BCUT2D eigenvalue weighted by Gasteiger charge is 2.07. The number of nitrogens with zero attached hydrogens (tertiary/aromatic N) is 1. The molecule has 0 unspecified atom stereocenters. The summed E-state index contributed by atoms with van der Waals surface area (Å²) in [6.07, 6.45) is 3.09. The normalized spacial score (nSPS) is 10.9. The number of hydrogen-bond acceptors (Lipinski definition) is 4. The van der Waals surface area contributed by atoms with E-state index in [2.05, 4.69) is 10.3 Å². The van der Waals surface area contributed by atoms with Gasteiger partial charge < -0.3 is 4.74 Å². The molecule has 1 N–H and O–H groups in total. The lowest BCUT2D eigenvalue weighted by Gasteiger charge is -2.00. The lowest BCUT2D eigenvalue weighted by Crippen LogP contribution is -2.07. The molecule has 1 amide bonds. The number of halogens is 2. The second kappa shape index (κ2) is 8.36. The topological polar surface area (TPSA) is 51.2 Å². The van der Waals surface area contributed by atoms with Crippen LogP contribution in [0.1, 0.15) is 5.56 Å². The monoisotopic (exact) mass is 404 g/mol. The molecule has 0 saturated heterocycles. The Balaban J connectivity index is 1.65. The molecule has 26 heavy (non-hydrogen) atoms. The van der Waals surface area contributed by atoms with E-state index in [0.29, 0.717) is 15.2 Å². The van der Waals surface area contributed by atoms with E-state index in [1.54, 1.807) is 31.4 Å². The number of amides is 1. The van der Waals surface area contributed by atoms with Crippen molar-refractivity contribution in [1.82, 2.24) is 4.98 Å². The molecular formula is C19H14Cl2N2O2S. The largest absolute Gasteiger partial charge is 0.497 e. The molecule has 0 spiro atoms. The Bertz CT molecular complexity index is 952. The average molecular weight is 405 g/mol. The summed E-state index contributed by atoms with van der Waals surface area (Å²) >= 11 is 13.2. The first-order valence-corrected chi connectivity index (χ1v) is 9.23. The SMILES string of the molecule is COc1ccc(-c2csc(NC(=O)/C=C/c3ccc(Cl)c(Cl)c3)n2)cc1. The van der Waals surface area contributed by atoms with Crippen LogP contribution < -0.4 is 10.1 Å². The van der Waals surface area contributed by atoms with Gasteiger partial charge in [0, 0.05) is 17.0 Å². The molecule has 7 heteroatoms. The molecule has 3 aromatic rings. The molecule has 0 radical (unpaired) electrons. The van der Waals surface area contributed by atoms with Crippen molar-refractivity contribution in [3.63, 3.8) is 0 Å². The van der Waals surface area contributed by atoms with Crippen LogP contribution in [0.2, 0.25) is 10.0 Å². The summed E-state index contributed by atoms with van der Waals surface area (Å²) < 4.78 is 5.14. The summed E-state index contributed by atoms with van der Waals surface area (Å²) in [5, 5.41) is 6.08. The number of rotatable bonds is 5. The Labute approximate surface area is 165 Å². The number of benzene rings is 2. The van der Waals surface area contributed by atoms with E-state index in [-0.39, 0.29) is 5.91 Å². The number of nitrogens with one attached hydrogen (secondary N) is 1. The number of aromatic nitrogens is 1. The molecule has 0 saturated carbocycles. The van der Waals surface area contributed by atoms with Crippen LogP contribution in [0.25, 0.3) is 17.3 Å². The Kier molecular flexibility index (Phi) is 5.93. The summed E-state index contributed by atoms with van der Waals surface area (Å²) in [5.74, 6) is 0.511. The van der Waals surface area contributed by atoms with E-state index in [1.165, 1.54) is 17.4 Å². The third-order valence-corrected chi connectivity index (χ3v) is 4.99. The molecule has 132 valence electrons. The van der Waals surface area contributed by atoms with E-state index in [4.69, 9.17) is 27.9 Å². The quantitative estimate of drug-likeness (QED) is 0.548. The van der Waals surface area contributed by atoms with Crippen LogP contribution in [0.15, 0.2) is 53.9 Å². The summed E-state index contributed by atoms with van der Waals surface area (Å²) in [5.41, 5.74) is 2.53. The maximum absolute atomic E-state index is 12.1. The molecule has 3 rings (SSSR count). The first-order valence-electron chi connectivity index (χ1n) is 7.59. The third kappa shape index (κ3) is 4.64. The van der Waals surface area contributed by atoms with Gasteiger partial charge >= 0.3 is 0 Å². The minimum absolute atomic E-state index is 0.272. The average Bonchev–Trinajstić information content (AvgIpc) is 3.11. The standard InChI is InChI=1S/C19H14Cl2N2O2S/c1-25-14-6-4-13(5-7-14)17-11-26-19(22-17)23-18(24)9-3-12-2-8-15(20)16(21)10-12/h2-11H,1H3,(H,22,23,24)/b9-3+. The molecule has 0 bridgehead atoms. The van der Waals surface area contributed by atoms with Crippen molar-refractivity contribution in [2.45, 2.75) is 0 Å². The molecule has 2 aromatic carbocycles.